The minimum atomic E-state index is -0.772. The number of carboxylic acid groups (broad SMARTS) is 1. The van der Waals surface area contributed by atoms with Gasteiger partial charge in [-0.3, -0.25) is 14.4 Å². The van der Waals surface area contributed by atoms with Crippen LogP contribution in [0.4, 0.5) is 0 Å². The summed E-state index contributed by atoms with van der Waals surface area (Å²) in [6.07, 6.45) is 1.04. The van der Waals surface area contributed by atoms with Gasteiger partial charge in [0.05, 0.1) is 27.5 Å². The molecule has 0 amide bonds. The molecule has 0 saturated heterocycles. The van der Waals surface area contributed by atoms with E-state index in [1.807, 2.05) is 24.3 Å². The molecule has 0 aliphatic rings. The number of carboxylic acids is 1. The topological polar surface area (TPSA) is 193 Å². The third kappa shape index (κ3) is 4.41. The van der Waals surface area contributed by atoms with Gasteiger partial charge in [-0.25, -0.2) is 0 Å². The van der Waals surface area contributed by atoms with Crippen molar-refractivity contribution in [1.29, 1.82) is 0 Å². The minimum absolute atomic E-state index is 0.0431. The molecule has 0 bridgehead atoms. The molecule has 9 rings (SSSR count). The second-order valence-electron chi connectivity index (χ2n) is 14.6. The first-order chi connectivity index (χ1) is 25.0. The molecule has 0 spiro atoms. The molecule has 1 unspecified atom stereocenters. The van der Waals surface area contributed by atoms with Crippen LogP contribution in [-0.2, 0) is 11.2 Å². The zero-order chi connectivity index (χ0) is 38.1. The van der Waals surface area contributed by atoms with Crippen LogP contribution >= 0.6 is 0 Å². The van der Waals surface area contributed by atoms with Crippen LogP contribution < -0.4 is 10.9 Å². The molecule has 7 N–H and O–H groups in total. The van der Waals surface area contributed by atoms with Crippen LogP contribution in [0.2, 0.25) is 0 Å². The van der Waals surface area contributed by atoms with Crippen molar-refractivity contribution in [2.75, 3.05) is 0 Å². The van der Waals surface area contributed by atoms with Crippen molar-refractivity contribution in [3.8, 4) is 34.5 Å². The Labute approximate surface area is 300 Å². The van der Waals surface area contributed by atoms with Crippen molar-refractivity contribution in [3.63, 3.8) is 0 Å². The third-order valence-electron chi connectivity index (χ3n) is 10.7. The summed E-state index contributed by atoms with van der Waals surface area (Å²) in [6, 6.07) is 12.6. The Morgan fingerprint density at radius 1 is 0.509 bits per heavy atom. The number of aromatic hydroxyl groups is 6. The van der Waals surface area contributed by atoms with Crippen LogP contribution in [0, 0.1) is 19.8 Å². The minimum Gasteiger partial charge on any atom is -0.507 e. The van der Waals surface area contributed by atoms with Crippen molar-refractivity contribution in [1.82, 2.24) is 0 Å². The molecular weight excluding hydrogens is 676 g/mol. The van der Waals surface area contributed by atoms with Crippen LogP contribution in [0.15, 0.2) is 58.1 Å². The van der Waals surface area contributed by atoms with Gasteiger partial charge in [0.15, 0.2) is 10.9 Å². The Kier molecular flexibility index (Phi) is 7.11. The number of rotatable bonds is 4. The zero-order valence-electron chi connectivity index (χ0n) is 29.3. The first-order valence-corrected chi connectivity index (χ1v) is 17.1. The number of aryl methyl sites for hydroxylation is 2. The number of hydrogen-bond acceptors (Lipinski definition) is 9. The largest absolute Gasteiger partial charge is 0.507 e. The highest BCUT2D eigenvalue weighted by Gasteiger charge is 2.33. The summed E-state index contributed by atoms with van der Waals surface area (Å²) < 4.78 is 0. The van der Waals surface area contributed by atoms with Crippen molar-refractivity contribution >= 4 is 81.4 Å². The highest BCUT2D eigenvalue weighted by Crippen LogP contribution is 2.60. The standard InChI is InChI=1S/C30H16O8.C13H18O2/c1-7-3-9(31)19-23-15(7)16-8(2)4-10(32)20-24(16)28-26-18(12(34)6-14(36)22(26)30(20)38)17-11(33)5-13(35)21(29(19)37)25(17)27(23)28;1-9(2)8-11-4-6-12(7-5-11)10(3)13(14)15/h3-6,33-38H,1-2H3;4-7,9-10H,8H2,1-3H3,(H,14,15). The quantitative estimate of drug-likeness (QED) is 0.0692. The van der Waals surface area contributed by atoms with Gasteiger partial charge in [0, 0.05) is 55.2 Å². The average molecular weight is 711 g/mol. The number of carbonyl (C=O) groups is 1. The highest BCUT2D eigenvalue weighted by atomic mass is 16.4. The molecule has 266 valence electrons. The van der Waals surface area contributed by atoms with Crippen molar-refractivity contribution in [2.45, 2.75) is 47.0 Å². The molecule has 0 aliphatic heterocycles. The first-order valence-electron chi connectivity index (χ1n) is 17.1. The van der Waals surface area contributed by atoms with E-state index in [2.05, 4.69) is 13.8 Å². The van der Waals surface area contributed by atoms with E-state index in [-0.39, 0.29) is 43.1 Å². The lowest BCUT2D eigenvalue weighted by Crippen LogP contribution is -2.08. The molecule has 0 saturated carbocycles. The zero-order valence-corrected chi connectivity index (χ0v) is 29.3. The number of aliphatic carboxylic acids is 1. The van der Waals surface area contributed by atoms with Gasteiger partial charge in [-0.15, -0.1) is 0 Å². The smallest absolute Gasteiger partial charge is 0.310 e. The fraction of sp³-hybridized carbons (Fsp3) is 0.186. The number of hydrogen-bond donors (Lipinski definition) is 7. The van der Waals surface area contributed by atoms with E-state index in [0.29, 0.717) is 49.4 Å². The molecule has 10 heteroatoms. The highest BCUT2D eigenvalue weighted by molar-refractivity contribution is 6.51. The fourth-order valence-corrected chi connectivity index (χ4v) is 8.54. The third-order valence-corrected chi connectivity index (χ3v) is 10.7. The Morgan fingerprint density at radius 2 is 0.868 bits per heavy atom. The summed E-state index contributed by atoms with van der Waals surface area (Å²) in [5.74, 6) is -3.31. The van der Waals surface area contributed by atoms with Crippen LogP contribution in [0.1, 0.15) is 48.9 Å². The predicted octanol–water partition coefficient (Wildman–Crippen LogP) is 8.15. The lowest BCUT2D eigenvalue weighted by molar-refractivity contribution is -0.138. The Hall–Kier alpha value is -6.55. The molecular formula is C43H34O10. The summed E-state index contributed by atoms with van der Waals surface area (Å²) >= 11 is 0. The van der Waals surface area contributed by atoms with Crippen LogP contribution in [0.5, 0.6) is 34.5 Å². The Balaban J connectivity index is 0.000000226. The van der Waals surface area contributed by atoms with E-state index in [9.17, 15) is 45.0 Å². The SMILES string of the molecule is CC(C)Cc1ccc(C(C)C(=O)O)cc1.Cc1cc(=O)c2c(O)c3c(O)cc(O)c4c5c(O)cc(O)c6c(O)c7c(=O)cc(C)c8c1c2c(c34)c(c65)c78. The van der Waals surface area contributed by atoms with E-state index < -0.39 is 57.2 Å². The Morgan fingerprint density at radius 3 is 1.25 bits per heavy atom. The monoisotopic (exact) mass is 710 g/mol. The fourth-order valence-electron chi connectivity index (χ4n) is 8.54. The second-order valence-corrected chi connectivity index (χ2v) is 14.6. The molecule has 0 fully saturated rings. The van der Waals surface area contributed by atoms with Crippen molar-refractivity contribution < 1.29 is 40.5 Å². The normalized spacial score (nSPS) is 12.8. The first kappa shape index (κ1) is 33.6. The maximum atomic E-state index is 13.4. The van der Waals surface area contributed by atoms with Gasteiger partial charge < -0.3 is 35.7 Å². The summed E-state index contributed by atoms with van der Waals surface area (Å²) in [4.78, 5) is 37.5. The van der Waals surface area contributed by atoms with E-state index in [1.165, 1.54) is 17.7 Å². The van der Waals surface area contributed by atoms with Crippen molar-refractivity contribution in [2.24, 2.45) is 5.92 Å². The predicted molar refractivity (Wildman–Crippen MR) is 207 cm³/mol. The average Bonchev–Trinajstić information content (AvgIpc) is 3.07. The van der Waals surface area contributed by atoms with Gasteiger partial charge >= 0.3 is 5.97 Å². The maximum Gasteiger partial charge on any atom is 0.310 e. The van der Waals surface area contributed by atoms with Crippen LogP contribution in [0.3, 0.4) is 0 Å². The Bertz CT molecular complexity index is 2930. The summed E-state index contributed by atoms with van der Waals surface area (Å²) in [5.41, 5.74) is 2.32. The molecule has 0 heterocycles. The van der Waals surface area contributed by atoms with Crippen LogP contribution in [-0.4, -0.2) is 41.7 Å². The lowest BCUT2D eigenvalue weighted by Gasteiger charge is -2.25. The number of fused-ring (bicyclic) bond motifs is 2. The van der Waals surface area contributed by atoms with Gasteiger partial charge in [-0.2, -0.15) is 0 Å². The lowest BCUT2D eigenvalue weighted by atomic mass is 9.78. The van der Waals surface area contributed by atoms with Gasteiger partial charge in [-0.05, 0) is 78.3 Å². The molecule has 53 heavy (non-hydrogen) atoms. The van der Waals surface area contributed by atoms with Gasteiger partial charge in [0.25, 0.3) is 0 Å². The molecule has 9 aromatic rings. The van der Waals surface area contributed by atoms with E-state index in [0.717, 1.165) is 24.1 Å². The van der Waals surface area contributed by atoms with E-state index >= 15 is 0 Å². The van der Waals surface area contributed by atoms with Gasteiger partial charge in [-0.1, -0.05) is 38.1 Å². The van der Waals surface area contributed by atoms with Crippen LogP contribution in [0.25, 0.3) is 75.4 Å². The second kappa shape index (κ2) is 11.2. The summed E-state index contributed by atoms with van der Waals surface area (Å²) in [6.45, 7) is 9.53. The van der Waals surface area contributed by atoms with Gasteiger partial charge in [0.2, 0.25) is 0 Å². The number of phenols is 6. The number of benzene rings is 9. The summed E-state index contributed by atoms with van der Waals surface area (Å²) in [7, 11) is 0. The molecule has 0 aromatic heterocycles. The van der Waals surface area contributed by atoms with Gasteiger partial charge in [0.1, 0.15) is 34.5 Å². The van der Waals surface area contributed by atoms with Crippen molar-refractivity contribution in [3.05, 3.63) is 91.2 Å². The molecule has 1 atom stereocenters. The molecule has 0 radical (unpaired) electrons. The molecule has 9 aromatic carbocycles. The van der Waals surface area contributed by atoms with E-state index in [1.54, 1.807) is 20.8 Å². The molecule has 0 aliphatic carbocycles. The number of phenolic OH excluding ortho intramolecular Hbond substituents is 6. The molecule has 10 nitrogen and oxygen atoms in total. The maximum absolute atomic E-state index is 13.4. The van der Waals surface area contributed by atoms with E-state index in [4.69, 9.17) is 5.11 Å². The summed E-state index contributed by atoms with van der Waals surface area (Å²) in [5, 5.41) is 78.5.